The molecule has 0 aromatic heterocycles. The number of rotatable bonds is 6. The molecule has 2 amide bonds. The maximum absolute atomic E-state index is 11.9. The fraction of sp³-hybridized carbons (Fsp3) is 0.158. The van der Waals surface area contributed by atoms with Crippen LogP contribution in [0, 0.1) is 0 Å². The first-order valence-electron chi connectivity index (χ1n) is 7.66. The van der Waals surface area contributed by atoms with Crippen LogP contribution in [0.25, 0.3) is 6.08 Å². The van der Waals surface area contributed by atoms with Gasteiger partial charge in [-0.05, 0) is 55.0 Å². The van der Waals surface area contributed by atoms with Crippen LogP contribution in [0.1, 0.15) is 22.8 Å². The van der Waals surface area contributed by atoms with Gasteiger partial charge in [-0.25, -0.2) is 0 Å². The topological polar surface area (TPSA) is 67.4 Å². The van der Waals surface area contributed by atoms with E-state index in [1.807, 2.05) is 31.2 Å². The first-order valence-corrected chi connectivity index (χ1v) is 7.66. The molecule has 0 aliphatic rings. The molecule has 24 heavy (non-hydrogen) atoms. The molecule has 0 heterocycles. The molecule has 0 bridgehead atoms. The third-order valence-electron chi connectivity index (χ3n) is 3.26. The first kappa shape index (κ1) is 17.3. The third-order valence-corrected chi connectivity index (χ3v) is 3.26. The molecule has 0 atom stereocenters. The van der Waals surface area contributed by atoms with Gasteiger partial charge in [-0.2, -0.15) is 0 Å². The second-order valence-electron chi connectivity index (χ2n) is 4.98. The lowest BCUT2D eigenvalue weighted by atomic mass is 10.2. The van der Waals surface area contributed by atoms with E-state index in [1.54, 1.807) is 37.4 Å². The molecule has 124 valence electrons. The Kier molecular flexibility index (Phi) is 6.14. The van der Waals surface area contributed by atoms with Crippen LogP contribution in [0.4, 0.5) is 5.69 Å². The van der Waals surface area contributed by atoms with Crippen molar-refractivity contribution in [2.45, 2.75) is 6.92 Å². The van der Waals surface area contributed by atoms with Crippen molar-refractivity contribution in [3.8, 4) is 5.75 Å². The fourth-order valence-corrected chi connectivity index (χ4v) is 2.05. The van der Waals surface area contributed by atoms with E-state index in [9.17, 15) is 9.59 Å². The van der Waals surface area contributed by atoms with Gasteiger partial charge in [-0.1, -0.05) is 12.1 Å². The molecule has 0 saturated heterocycles. The van der Waals surface area contributed by atoms with Gasteiger partial charge < -0.3 is 15.4 Å². The number of anilines is 1. The summed E-state index contributed by atoms with van der Waals surface area (Å²) in [6.07, 6.45) is 3.19. The maximum Gasteiger partial charge on any atom is 0.251 e. The van der Waals surface area contributed by atoms with Crippen LogP contribution in [-0.4, -0.2) is 25.5 Å². The monoisotopic (exact) mass is 324 g/mol. The van der Waals surface area contributed by atoms with Crippen LogP contribution < -0.4 is 15.4 Å². The average molecular weight is 324 g/mol. The Hall–Kier alpha value is -3.08. The van der Waals surface area contributed by atoms with Crippen molar-refractivity contribution >= 4 is 23.6 Å². The van der Waals surface area contributed by atoms with Gasteiger partial charge in [0.15, 0.2) is 0 Å². The molecular formula is C19H20N2O3. The van der Waals surface area contributed by atoms with Crippen molar-refractivity contribution in [1.82, 2.24) is 5.32 Å². The van der Waals surface area contributed by atoms with Crippen molar-refractivity contribution in [3.05, 3.63) is 65.7 Å². The number of carbonyl (C=O) groups excluding carboxylic acids is 2. The van der Waals surface area contributed by atoms with E-state index in [0.717, 1.165) is 11.3 Å². The number of nitrogens with one attached hydrogen (secondary N) is 2. The summed E-state index contributed by atoms with van der Waals surface area (Å²) in [4.78, 5) is 23.4. The number of hydrogen-bond donors (Lipinski definition) is 2. The van der Waals surface area contributed by atoms with Crippen molar-refractivity contribution < 1.29 is 14.3 Å². The minimum Gasteiger partial charge on any atom is -0.494 e. The standard InChI is InChI=1S/C19H20N2O3/c1-3-24-17-11-4-14(5-12-17)6-13-18(22)21-16-9-7-15(8-10-16)19(23)20-2/h4-13H,3H2,1-2H3,(H,20,23)(H,21,22)/b13-6+. The SMILES string of the molecule is CCOc1ccc(/C=C/C(=O)Nc2ccc(C(=O)NC)cc2)cc1. The summed E-state index contributed by atoms with van der Waals surface area (Å²) in [5.74, 6) is 0.398. The summed E-state index contributed by atoms with van der Waals surface area (Å²) in [7, 11) is 1.57. The average Bonchev–Trinajstić information content (AvgIpc) is 2.61. The van der Waals surface area contributed by atoms with E-state index < -0.39 is 0 Å². The third kappa shape index (κ3) is 4.98. The molecule has 0 unspecified atom stereocenters. The summed E-state index contributed by atoms with van der Waals surface area (Å²) in [6, 6.07) is 14.2. The highest BCUT2D eigenvalue weighted by atomic mass is 16.5. The number of amides is 2. The molecule has 2 aromatic rings. The highest BCUT2D eigenvalue weighted by molar-refractivity contribution is 6.02. The minimum absolute atomic E-state index is 0.164. The van der Waals surface area contributed by atoms with Crippen LogP contribution in [0.15, 0.2) is 54.6 Å². The van der Waals surface area contributed by atoms with Crippen LogP contribution in [0.3, 0.4) is 0 Å². The van der Waals surface area contributed by atoms with E-state index in [4.69, 9.17) is 4.74 Å². The highest BCUT2D eigenvalue weighted by Gasteiger charge is 2.03. The number of carbonyl (C=O) groups is 2. The van der Waals surface area contributed by atoms with Gasteiger partial charge in [0.1, 0.15) is 5.75 Å². The van der Waals surface area contributed by atoms with E-state index in [-0.39, 0.29) is 11.8 Å². The van der Waals surface area contributed by atoms with Crippen LogP contribution >= 0.6 is 0 Å². The predicted molar refractivity (Wildman–Crippen MR) is 95.1 cm³/mol. The summed E-state index contributed by atoms with van der Waals surface area (Å²) in [6.45, 7) is 2.55. The lowest BCUT2D eigenvalue weighted by Crippen LogP contribution is -2.17. The molecule has 2 N–H and O–H groups in total. The van der Waals surface area contributed by atoms with Crippen molar-refractivity contribution in [2.75, 3.05) is 19.0 Å². The minimum atomic E-state index is -0.239. The molecule has 0 aliphatic carbocycles. The molecule has 0 aliphatic heterocycles. The second kappa shape index (κ2) is 8.53. The van der Waals surface area contributed by atoms with Crippen LogP contribution in [0.2, 0.25) is 0 Å². The quantitative estimate of drug-likeness (QED) is 0.802. The molecule has 2 rings (SSSR count). The van der Waals surface area contributed by atoms with Crippen molar-refractivity contribution in [3.63, 3.8) is 0 Å². The molecular weight excluding hydrogens is 304 g/mol. The zero-order chi connectivity index (χ0) is 17.4. The predicted octanol–water partition coefficient (Wildman–Crippen LogP) is 3.10. The van der Waals surface area contributed by atoms with Gasteiger partial charge in [0, 0.05) is 24.4 Å². The summed E-state index contributed by atoms with van der Waals surface area (Å²) in [5.41, 5.74) is 2.08. The second-order valence-corrected chi connectivity index (χ2v) is 4.98. The molecule has 5 nitrogen and oxygen atoms in total. The Morgan fingerprint density at radius 1 is 1.04 bits per heavy atom. The zero-order valence-corrected chi connectivity index (χ0v) is 13.7. The first-order chi connectivity index (χ1) is 11.6. The van der Waals surface area contributed by atoms with E-state index in [1.165, 1.54) is 6.08 Å². The zero-order valence-electron chi connectivity index (χ0n) is 13.7. The van der Waals surface area contributed by atoms with Gasteiger partial charge in [0.05, 0.1) is 6.61 Å². The Labute approximate surface area is 141 Å². The Morgan fingerprint density at radius 3 is 2.29 bits per heavy atom. The van der Waals surface area contributed by atoms with E-state index in [2.05, 4.69) is 10.6 Å². The van der Waals surface area contributed by atoms with E-state index in [0.29, 0.717) is 17.9 Å². The smallest absolute Gasteiger partial charge is 0.251 e. The number of ether oxygens (including phenoxy) is 1. The normalized spacial score (nSPS) is 10.4. The largest absolute Gasteiger partial charge is 0.494 e. The van der Waals surface area contributed by atoms with Gasteiger partial charge in [-0.15, -0.1) is 0 Å². The molecule has 0 radical (unpaired) electrons. The maximum atomic E-state index is 11.9. The molecule has 0 saturated carbocycles. The Morgan fingerprint density at radius 2 is 1.71 bits per heavy atom. The summed E-state index contributed by atoms with van der Waals surface area (Å²) in [5, 5.41) is 5.29. The lowest BCUT2D eigenvalue weighted by Gasteiger charge is -2.04. The molecule has 2 aromatic carbocycles. The lowest BCUT2D eigenvalue weighted by molar-refractivity contribution is -0.111. The van der Waals surface area contributed by atoms with Gasteiger partial charge in [0.2, 0.25) is 5.91 Å². The Bertz CT molecular complexity index is 719. The van der Waals surface area contributed by atoms with E-state index >= 15 is 0 Å². The van der Waals surface area contributed by atoms with Gasteiger partial charge in [-0.3, -0.25) is 9.59 Å². The molecule has 0 fully saturated rings. The molecule has 5 heteroatoms. The van der Waals surface area contributed by atoms with Gasteiger partial charge >= 0.3 is 0 Å². The summed E-state index contributed by atoms with van der Waals surface area (Å²) < 4.78 is 5.37. The van der Waals surface area contributed by atoms with Crippen LogP contribution in [0.5, 0.6) is 5.75 Å². The number of hydrogen-bond acceptors (Lipinski definition) is 3. The van der Waals surface area contributed by atoms with Gasteiger partial charge in [0.25, 0.3) is 5.91 Å². The van der Waals surface area contributed by atoms with Crippen LogP contribution in [-0.2, 0) is 4.79 Å². The number of benzene rings is 2. The Balaban J connectivity index is 1.93. The fourth-order valence-electron chi connectivity index (χ4n) is 2.05. The van der Waals surface area contributed by atoms with Crippen molar-refractivity contribution in [2.24, 2.45) is 0 Å². The summed E-state index contributed by atoms with van der Waals surface area (Å²) >= 11 is 0. The molecule has 0 spiro atoms. The van der Waals surface area contributed by atoms with Crippen molar-refractivity contribution in [1.29, 1.82) is 0 Å². The highest BCUT2D eigenvalue weighted by Crippen LogP contribution is 2.13.